The monoisotopic (exact) mass is 556 g/mol. The van der Waals surface area contributed by atoms with Gasteiger partial charge < -0.3 is 9.47 Å². The predicted molar refractivity (Wildman–Crippen MR) is 139 cm³/mol. The van der Waals surface area contributed by atoms with Gasteiger partial charge in [0, 0.05) is 21.2 Å². The minimum atomic E-state index is -0.220. The minimum absolute atomic E-state index is 0.220. The Morgan fingerprint density at radius 2 is 1.62 bits per heavy atom. The highest BCUT2D eigenvalue weighted by molar-refractivity contribution is 14.1. The summed E-state index contributed by atoms with van der Waals surface area (Å²) < 4.78 is 14.4. The number of benzene rings is 2. The molecule has 0 spiro atoms. The lowest BCUT2D eigenvalue weighted by molar-refractivity contribution is -0.0440. The molecule has 32 heavy (non-hydrogen) atoms. The number of fused-ring (bicyclic) bond motifs is 1. The van der Waals surface area contributed by atoms with E-state index in [2.05, 4.69) is 65.9 Å². The summed E-state index contributed by atoms with van der Waals surface area (Å²) in [6.45, 7) is 3.73. The zero-order chi connectivity index (χ0) is 21.4. The molecule has 4 saturated carbocycles. The highest BCUT2D eigenvalue weighted by Crippen LogP contribution is 2.61. The second kappa shape index (κ2) is 7.53. The number of ether oxygens (including phenoxy) is 2. The lowest BCUT2D eigenvalue weighted by Gasteiger charge is -2.57. The molecule has 1 aliphatic heterocycles. The largest absolute Gasteiger partial charge is 0.346 e. The van der Waals surface area contributed by atoms with Crippen LogP contribution in [0.1, 0.15) is 61.5 Å². The quantitative estimate of drug-likeness (QED) is 0.305. The lowest BCUT2D eigenvalue weighted by Crippen LogP contribution is -2.48. The Morgan fingerprint density at radius 3 is 2.31 bits per heavy atom. The van der Waals surface area contributed by atoms with Gasteiger partial charge in [-0.1, -0.05) is 18.2 Å². The normalized spacial score (nSPS) is 31.8. The molecule has 4 bridgehead atoms. The van der Waals surface area contributed by atoms with Gasteiger partial charge in [0.05, 0.1) is 16.1 Å². The van der Waals surface area contributed by atoms with Crippen molar-refractivity contribution in [3.05, 3.63) is 56.0 Å². The fourth-order valence-electron chi connectivity index (χ4n) is 7.89. The van der Waals surface area contributed by atoms with Gasteiger partial charge in [0.2, 0.25) is 0 Å². The van der Waals surface area contributed by atoms with Crippen molar-refractivity contribution in [2.24, 2.45) is 17.8 Å². The third-order valence-corrected chi connectivity index (χ3v) is 10.8. The fourth-order valence-corrected chi connectivity index (χ4v) is 10.2. The standard InChI is InChI=1S/C28H29IO2S/c1-16-7-24-22(12-23(16)28-13-17-8-18(14-28)10-19(9-17)15-28)25(26(29)32-24)20-3-2-4-21(11-20)27-30-5-6-31-27/h2-4,7,11-12,17-19,27H,5-6,8-10,13-15H2,1H3. The topological polar surface area (TPSA) is 18.5 Å². The van der Waals surface area contributed by atoms with Gasteiger partial charge in [-0.2, -0.15) is 0 Å². The maximum absolute atomic E-state index is 5.78. The van der Waals surface area contributed by atoms with E-state index >= 15 is 0 Å². The molecule has 0 amide bonds. The fraction of sp³-hybridized carbons (Fsp3) is 0.500. The third-order valence-electron chi connectivity index (χ3n) is 8.67. The van der Waals surface area contributed by atoms with Crippen molar-refractivity contribution in [2.45, 2.75) is 57.2 Å². The molecule has 8 rings (SSSR count). The number of rotatable bonds is 3. The van der Waals surface area contributed by atoms with E-state index in [9.17, 15) is 0 Å². The minimum Gasteiger partial charge on any atom is -0.346 e. The smallest absolute Gasteiger partial charge is 0.184 e. The van der Waals surface area contributed by atoms with Crippen molar-refractivity contribution < 1.29 is 9.47 Å². The van der Waals surface area contributed by atoms with E-state index in [1.54, 1.807) is 5.56 Å². The Kier molecular flexibility index (Phi) is 4.80. The van der Waals surface area contributed by atoms with Gasteiger partial charge >= 0.3 is 0 Å². The summed E-state index contributed by atoms with van der Waals surface area (Å²) in [6.07, 6.45) is 8.55. The predicted octanol–water partition coefficient (Wildman–Crippen LogP) is 7.99. The van der Waals surface area contributed by atoms with Crippen LogP contribution in [0, 0.1) is 27.6 Å². The number of halogens is 1. The number of hydrogen-bond donors (Lipinski definition) is 0. The van der Waals surface area contributed by atoms with Crippen molar-refractivity contribution in [3.8, 4) is 11.1 Å². The van der Waals surface area contributed by atoms with Crippen LogP contribution in [-0.2, 0) is 14.9 Å². The first kappa shape index (κ1) is 20.4. The van der Waals surface area contributed by atoms with Gasteiger partial charge in [0.15, 0.2) is 6.29 Å². The number of thiophene rings is 1. The van der Waals surface area contributed by atoms with Gasteiger partial charge in [0.1, 0.15) is 0 Å². The van der Waals surface area contributed by atoms with Crippen LogP contribution >= 0.6 is 33.9 Å². The van der Waals surface area contributed by atoms with Crippen molar-refractivity contribution in [2.75, 3.05) is 13.2 Å². The second-order valence-electron chi connectivity index (χ2n) is 10.8. The van der Waals surface area contributed by atoms with Crippen molar-refractivity contribution in [1.29, 1.82) is 0 Å². The molecule has 1 aromatic heterocycles. The Labute approximate surface area is 207 Å². The molecule has 2 heterocycles. The Bertz CT molecular complexity index is 1170. The molecule has 0 N–H and O–H groups in total. The second-order valence-corrected chi connectivity index (χ2v) is 13.7. The molecule has 166 valence electrons. The first-order valence-corrected chi connectivity index (χ1v) is 14.0. The SMILES string of the molecule is Cc1cc2sc(I)c(-c3cccc(C4OCCO4)c3)c2cc1C12CC3CC(CC(C3)C1)C2. The van der Waals surface area contributed by atoms with Crippen LogP contribution < -0.4 is 0 Å². The molecule has 2 aromatic carbocycles. The van der Waals surface area contributed by atoms with Crippen molar-refractivity contribution >= 4 is 44.0 Å². The summed E-state index contributed by atoms with van der Waals surface area (Å²) in [4.78, 5) is 0. The highest BCUT2D eigenvalue weighted by atomic mass is 127. The van der Waals surface area contributed by atoms with Crippen LogP contribution in [0.4, 0.5) is 0 Å². The van der Waals surface area contributed by atoms with Gasteiger partial charge in [-0.15, -0.1) is 11.3 Å². The van der Waals surface area contributed by atoms with Crippen LogP contribution in [0.2, 0.25) is 0 Å². The third kappa shape index (κ3) is 3.16. The summed E-state index contributed by atoms with van der Waals surface area (Å²) in [5.74, 6) is 2.92. The average Bonchev–Trinajstić information content (AvgIpc) is 3.39. The molecule has 0 unspecified atom stereocenters. The first-order valence-electron chi connectivity index (χ1n) is 12.1. The number of hydrogen-bond acceptors (Lipinski definition) is 3. The molecule has 2 nitrogen and oxygen atoms in total. The van der Waals surface area contributed by atoms with E-state index in [0.717, 1.165) is 23.3 Å². The lowest BCUT2D eigenvalue weighted by atomic mass is 9.47. The van der Waals surface area contributed by atoms with Crippen LogP contribution in [0.25, 0.3) is 21.2 Å². The van der Waals surface area contributed by atoms with E-state index in [0.29, 0.717) is 18.6 Å². The molecule has 3 aromatic rings. The summed E-state index contributed by atoms with van der Waals surface area (Å²) in [7, 11) is 0. The summed E-state index contributed by atoms with van der Waals surface area (Å²) >= 11 is 4.48. The average molecular weight is 557 g/mol. The summed E-state index contributed by atoms with van der Waals surface area (Å²) in [5.41, 5.74) is 7.44. The summed E-state index contributed by atoms with van der Waals surface area (Å²) in [5, 5.41) is 1.45. The van der Waals surface area contributed by atoms with Crippen LogP contribution in [0.5, 0.6) is 0 Å². The Morgan fingerprint density at radius 1 is 0.938 bits per heavy atom. The summed E-state index contributed by atoms with van der Waals surface area (Å²) in [6, 6.07) is 13.9. The Balaban J connectivity index is 1.36. The van der Waals surface area contributed by atoms with Gasteiger partial charge in [-0.05, 0) is 126 Å². The van der Waals surface area contributed by atoms with Crippen LogP contribution in [0.15, 0.2) is 36.4 Å². The molecule has 4 heteroatoms. The van der Waals surface area contributed by atoms with Crippen LogP contribution in [0.3, 0.4) is 0 Å². The molecule has 5 fully saturated rings. The molecule has 0 radical (unpaired) electrons. The van der Waals surface area contributed by atoms with Crippen molar-refractivity contribution in [3.63, 3.8) is 0 Å². The molecule has 4 aliphatic carbocycles. The molecular weight excluding hydrogens is 527 g/mol. The highest BCUT2D eigenvalue weighted by Gasteiger charge is 2.52. The van der Waals surface area contributed by atoms with Crippen molar-refractivity contribution in [1.82, 2.24) is 0 Å². The molecule has 1 saturated heterocycles. The van der Waals surface area contributed by atoms with E-state index in [1.165, 1.54) is 68.2 Å². The molecular formula is C28H29IO2S. The Hall–Kier alpha value is -0.950. The number of aryl methyl sites for hydroxylation is 1. The zero-order valence-corrected chi connectivity index (χ0v) is 21.5. The van der Waals surface area contributed by atoms with E-state index in [4.69, 9.17) is 9.47 Å². The molecule has 5 aliphatic rings. The van der Waals surface area contributed by atoms with E-state index in [1.807, 2.05) is 11.3 Å². The van der Waals surface area contributed by atoms with Crippen LogP contribution in [-0.4, -0.2) is 13.2 Å². The maximum Gasteiger partial charge on any atom is 0.184 e. The van der Waals surface area contributed by atoms with Gasteiger partial charge in [-0.3, -0.25) is 0 Å². The van der Waals surface area contributed by atoms with Gasteiger partial charge in [-0.25, -0.2) is 0 Å². The molecule has 0 atom stereocenters. The maximum atomic E-state index is 5.78. The zero-order valence-electron chi connectivity index (χ0n) is 18.5. The first-order chi connectivity index (χ1) is 15.6. The van der Waals surface area contributed by atoms with E-state index in [-0.39, 0.29) is 6.29 Å². The van der Waals surface area contributed by atoms with Gasteiger partial charge in [0.25, 0.3) is 0 Å². The van der Waals surface area contributed by atoms with E-state index < -0.39 is 0 Å².